The number of phenolic OH excluding ortho intramolecular Hbond substituents is 1. The summed E-state index contributed by atoms with van der Waals surface area (Å²) in [6.07, 6.45) is 1.10. The predicted octanol–water partition coefficient (Wildman–Crippen LogP) is 0.928. The van der Waals surface area contributed by atoms with Gasteiger partial charge in [-0.3, -0.25) is 0 Å². The second kappa shape index (κ2) is 3.98. The molecule has 0 aromatic heterocycles. The molecule has 1 atom stereocenters. The van der Waals surface area contributed by atoms with Crippen LogP contribution in [0.3, 0.4) is 0 Å². The quantitative estimate of drug-likeness (QED) is 0.653. The Morgan fingerprint density at radius 3 is 3.00 bits per heavy atom. The van der Waals surface area contributed by atoms with E-state index in [0.29, 0.717) is 18.2 Å². The summed E-state index contributed by atoms with van der Waals surface area (Å²) in [4.78, 5) is 0. The Morgan fingerprint density at radius 2 is 2.36 bits per heavy atom. The fourth-order valence-corrected chi connectivity index (χ4v) is 1.98. The number of phenols is 1. The first-order valence-electron chi connectivity index (χ1n) is 5.04. The van der Waals surface area contributed by atoms with Gasteiger partial charge in [0.15, 0.2) is 0 Å². The van der Waals surface area contributed by atoms with E-state index in [9.17, 15) is 5.11 Å². The molecule has 0 saturated carbocycles. The first-order chi connectivity index (χ1) is 6.81. The highest BCUT2D eigenvalue weighted by Crippen LogP contribution is 2.30. The van der Waals surface area contributed by atoms with Crippen molar-refractivity contribution in [3.63, 3.8) is 0 Å². The molecule has 0 spiro atoms. The largest absolute Gasteiger partial charge is 0.508 e. The van der Waals surface area contributed by atoms with Gasteiger partial charge in [0.25, 0.3) is 0 Å². The molecule has 2 rings (SSSR count). The summed E-state index contributed by atoms with van der Waals surface area (Å²) in [5.74, 6) is 0.845. The Hall–Kier alpha value is -1.06. The number of hydrogen-bond acceptors (Lipinski definition) is 3. The lowest BCUT2D eigenvalue weighted by molar-refractivity contribution is 0.462. The number of benzene rings is 1. The lowest BCUT2D eigenvalue weighted by Gasteiger charge is -2.12. The molecule has 14 heavy (non-hydrogen) atoms. The van der Waals surface area contributed by atoms with Crippen molar-refractivity contribution in [1.82, 2.24) is 5.32 Å². The maximum Gasteiger partial charge on any atom is 0.119 e. The van der Waals surface area contributed by atoms with Gasteiger partial charge in [-0.1, -0.05) is 12.1 Å². The molecule has 1 heterocycles. The van der Waals surface area contributed by atoms with Crippen LogP contribution in [0.2, 0.25) is 0 Å². The maximum absolute atomic E-state index is 9.72. The van der Waals surface area contributed by atoms with Gasteiger partial charge in [-0.05, 0) is 30.2 Å². The van der Waals surface area contributed by atoms with Gasteiger partial charge in [-0.15, -0.1) is 0 Å². The van der Waals surface area contributed by atoms with E-state index in [1.165, 1.54) is 0 Å². The zero-order valence-corrected chi connectivity index (χ0v) is 8.16. The molecule has 3 heteroatoms. The molecule has 0 amide bonds. The van der Waals surface area contributed by atoms with Gasteiger partial charge in [0, 0.05) is 19.0 Å². The molecule has 0 bridgehead atoms. The predicted molar refractivity (Wildman–Crippen MR) is 56.2 cm³/mol. The number of aromatic hydroxyl groups is 1. The van der Waals surface area contributed by atoms with Crippen molar-refractivity contribution in [1.29, 1.82) is 0 Å². The average Bonchev–Trinajstić information content (AvgIpc) is 2.71. The first-order valence-corrected chi connectivity index (χ1v) is 5.04. The van der Waals surface area contributed by atoms with E-state index < -0.39 is 0 Å². The van der Waals surface area contributed by atoms with Crippen LogP contribution < -0.4 is 11.1 Å². The monoisotopic (exact) mass is 192 g/mol. The van der Waals surface area contributed by atoms with Gasteiger partial charge in [0.1, 0.15) is 5.75 Å². The summed E-state index contributed by atoms with van der Waals surface area (Å²) in [5, 5.41) is 13.0. The van der Waals surface area contributed by atoms with E-state index in [1.807, 2.05) is 12.1 Å². The summed E-state index contributed by atoms with van der Waals surface area (Å²) >= 11 is 0. The molecule has 1 aromatic carbocycles. The molecule has 1 aromatic rings. The molecule has 1 fully saturated rings. The van der Waals surface area contributed by atoms with Crippen molar-refractivity contribution < 1.29 is 5.11 Å². The molecule has 1 saturated heterocycles. The highest BCUT2D eigenvalue weighted by Gasteiger charge is 2.19. The molecule has 1 aliphatic heterocycles. The average molecular weight is 192 g/mol. The first kappa shape index (κ1) is 9.49. The second-order valence-electron chi connectivity index (χ2n) is 3.79. The minimum absolute atomic E-state index is 0.399. The Bertz CT molecular complexity index is 319. The van der Waals surface area contributed by atoms with Crippen molar-refractivity contribution in [2.24, 2.45) is 5.73 Å². The fourth-order valence-electron chi connectivity index (χ4n) is 1.98. The normalized spacial score (nSPS) is 21.4. The van der Waals surface area contributed by atoms with Crippen molar-refractivity contribution in [3.05, 3.63) is 29.3 Å². The van der Waals surface area contributed by atoms with E-state index in [2.05, 4.69) is 5.32 Å². The van der Waals surface area contributed by atoms with E-state index >= 15 is 0 Å². The molecular weight excluding hydrogens is 176 g/mol. The minimum atomic E-state index is 0.399. The minimum Gasteiger partial charge on any atom is -0.508 e. The smallest absolute Gasteiger partial charge is 0.119 e. The molecule has 0 radical (unpaired) electrons. The van der Waals surface area contributed by atoms with Gasteiger partial charge >= 0.3 is 0 Å². The van der Waals surface area contributed by atoms with Gasteiger partial charge in [0.05, 0.1) is 0 Å². The lowest BCUT2D eigenvalue weighted by Crippen LogP contribution is -2.08. The van der Waals surface area contributed by atoms with Crippen molar-refractivity contribution >= 4 is 0 Å². The van der Waals surface area contributed by atoms with Crippen LogP contribution in [-0.2, 0) is 6.54 Å². The highest BCUT2D eigenvalue weighted by atomic mass is 16.3. The van der Waals surface area contributed by atoms with Crippen LogP contribution in [0, 0.1) is 0 Å². The van der Waals surface area contributed by atoms with Crippen molar-refractivity contribution in [2.45, 2.75) is 18.9 Å². The Balaban J connectivity index is 2.29. The van der Waals surface area contributed by atoms with Crippen LogP contribution in [0.4, 0.5) is 0 Å². The molecule has 1 aliphatic rings. The molecule has 76 valence electrons. The van der Waals surface area contributed by atoms with Crippen LogP contribution in [0.1, 0.15) is 23.5 Å². The summed E-state index contributed by atoms with van der Waals surface area (Å²) < 4.78 is 0. The van der Waals surface area contributed by atoms with Gasteiger partial charge < -0.3 is 16.2 Å². The number of hydrogen-bond donors (Lipinski definition) is 3. The molecule has 0 aliphatic carbocycles. The van der Waals surface area contributed by atoms with Crippen molar-refractivity contribution in [3.8, 4) is 5.75 Å². The second-order valence-corrected chi connectivity index (χ2v) is 3.79. The van der Waals surface area contributed by atoms with Crippen LogP contribution >= 0.6 is 0 Å². The van der Waals surface area contributed by atoms with Crippen LogP contribution in [0.25, 0.3) is 0 Å². The van der Waals surface area contributed by atoms with Gasteiger partial charge in [-0.2, -0.15) is 0 Å². The van der Waals surface area contributed by atoms with E-state index in [-0.39, 0.29) is 0 Å². The maximum atomic E-state index is 9.72. The molecule has 1 unspecified atom stereocenters. The van der Waals surface area contributed by atoms with E-state index in [1.54, 1.807) is 6.07 Å². The zero-order valence-electron chi connectivity index (χ0n) is 8.16. The van der Waals surface area contributed by atoms with E-state index in [0.717, 1.165) is 30.6 Å². The molecule has 4 N–H and O–H groups in total. The summed E-state index contributed by atoms with van der Waals surface area (Å²) in [7, 11) is 0. The number of rotatable bonds is 2. The highest BCUT2D eigenvalue weighted by molar-refractivity contribution is 5.39. The molecule has 3 nitrogen and oxygen atoms in total. The summed E-state index contributed by atoms with van der Waals surface area (Å²) in [6, 6.07) is 5.64. The Kier molecular flexibility index (Phi) is 2.70. The Morgan fingerprint density at radius 1 is 1.50 bits per heavy atom. The Labute approximate surface area is 83.9 Å². The van der Waals surface area contributed by atoms with Crippen LogP contribution in [-0.4, -0.2) is 18.2 Å². The fraction of sp³-hybridized carbons (Fsp3) is 0.455. The van der Waals surface area contributed by atoms with E-state index in [4.69, 9.17) is 5.73 Å². The summed E-state index contributed by atoms with van der Waals surface area (Å²) in [5.41, 5.74) is 7.70. The van der Waals surface area contributed by atoms with Crippen LogP contribution in [0.15, 0.2) is 18.2 Å². The third-order valence-corrected chi connectivity index (χ3v) is 2.83. The molecular formula is C11H16N2O. The number of nitrogens with two attached hydrogens (primary N) is 1. The number of nitrogens with one attached hydrogen (secondary N) is 1. The zero-order chi connectivity index (χ0) is 9.97. The third-order valence-electron chi connectivity index (χ3n) is 2.83. The standard InChI is InChI=1S/C11H16N2O/c12-6-8-1-2-11(14)10(5-8)9-3-4-13-7-9/h1-2,5,9,13-14H,3-4,6-7,12H2. The SMILES string of the molecule is NCc1ccc(O)c(C2CCNC2)c1. The lowest BCUT2D eigenvalue weighted by atomic mass is 9.95. The third kappa shape index (κ3) is 1.74. The summed E-state index contributed by atoms with van der Waals surface area (Å²) in [6.45, 7) is 2.53. The topological polar surface area (TPSA) is 58.3 Å². The van der Waals surface area contributed by atoms with Crippen LogP contribution in [0.5, 0.6) is 5.75 Å². The van der Waals surface area contributed by atoms with Gasteiger partial charge in [-0.25, -0.2) is 0 Å². The van der Waals surface area contributed by atoms with Gasteiger partial charge in [0.2, 0.25) is 0 Å². The van der Waals surface area contributed by atoms with Crippen molar-refractivity contribution in [2.75, 3.05) is 13.1 Å².